The monoisotopic (exact) mass is 527 g/mol. The second-order valence-corrected chi connectivity index (χ2v) is 9.20. The Bertz CT molecular complexity index is 1690. The maximum absolute atomic E-state index is 13.6. The number of aromatic carboxylic acids is 1. The molecule has 0 bridgehead atoms. The zero-order valence-corrected chi connectivity index (χ0v) is 20.5. The van der Waals surface area contributed by atoms with Crippen LogP contribution in [0.1, 0.15) is 27.7 Å². The van der Waals surface area contributed by atoms with Crippen LogP contribution in [0, 0.1) is 0 Å². The number of fused-ring (bicyclic) bond motifs is 1. The Morgan fingerprint density at radius 1 is 1.03 bits per heavy atom. The number of nitrogens with zero attached hydrogens (tertiary/aromatic N) is 2. The van der Waals surface area contributed by atoms with Gasteiger partial charge in [0, 0.05) is 18.1 Å². The number of thiophene rings is 1. The molecule has 38 heavy (non-hydrogen) atoms. The van der Waals surface area contributed by atoms with Gasteiger partial charge in [0.25, 0.3) is 5.56 Å². The van der Waals surface area contributed by atoms with Crippen molar-refractivity contribution < 1.29 is 19.8 Å². The number of carbonyl (C=O) groups is 2. The molecule has 3 heterocycles. The smallest absolute Gasteiger partial charge is 0.358 e. The second-order valence-electron chi connectivity index (χ2n) is 8.29. The average molecular weight is 528 g/mol. The summed E-state index contributed by atoms with van der Waals surface area (Å²) in [7, 11) is 0. The van der Waals surface area contributed by atoms with Gasteiger partial charge in [0.1, 0.15) is 6.04 Å². The number of pyridine rings is 1. The fraction of sp³-hybridized carbons (Fsp3) is 0.0741. The molecule has 0 aliphatic rings. The summed E-state index contributed by atoms with van der Waals surface area (Å²) < 4.78 is 0. The van der Waals surface area contributed by atoms with Crippen LogP contribution in [0.5, 0.6) is 5.75 Å². The number of benzene rings is 2. The van der Waals surface area contributed by atoms with Crippen LogP contribution in [0.3, 0.4) is 0 Å². The Morgan fingerprint density at radius 3 is 2.61 bits per heavy atom. The Balaban J connectivity index is 1.44. The zero-order valence-electron chi connectivity index (χ0n) is 19.7. The summed E-state index contributed by atoms with van der Waals surface area (Å²) in [6, 6.07) is 19.8. The van der Waals surface area contributed by atoms with E-state index >= 15 is 0 Å². The summed E-state index contributed by atoms with van der Waals surface area (Å²) in [5, 5.41) is 27.9. The zero-order chi connectivity index (χ0) is 26.6. The van der Waals surface area contributed by atoms with Crippen molar-refractivity contribution in [1.82, 2.24) is 20.3 Å². The number of carboxylic acid groups (broad SMARTS) is 1. The van der Waals surface area contributed by atoms with Gasteiger partial charge >= 0.3 is 5.97 Å². The van der Waals surface area contributed by atoms with Crippen LogP contribution in [0.15, 0.2) is 83.1 Å². The Morgan fingerprint density at radius 2 is 1.82 bits per heavy atom. The molecule has 0 saturated heterocycles. The van der Waals surface area contributed by atoms with Gasteiger partial charge in [-0.3, -0.25) is 19.9 Å². The third-order valence-corrected chi connectivity index (χ3v) is 6.76. The van der Waals surface area contributed by atoms with Crippen molar-refractivity contribution >= 4 is 39.8 Å². The van der Waals surface area contributed by atoms with Gasteiger partial charge in [-0.25, -0.2) is 9.78 Å². The van der Waals surface area contributed by atoms with E-state index in [1.807, 2.05) is 60.7 Å². The molecule has 2 aromatic carbocycles. The Labute approximate surface area is 219 Å². The number of anilines is 1. The summed E-state index contributed by atoms with van der Waals surface area (Å²) in [4.78, 5) is 48.1. The van der Waals surface area contributed by atoms with Crippen molar-refractivity contribution in [2.45, 2.75) is 12.6 Å². The number of H-pyrrole nitrogens is 1. The molecule has 5 N–H and O–H groups in total. The normalized spacial score (nSPS) is 11.8. The van der Waals surface area contributed by atoms with E-state index in [0.717, 1.165) is 33.4 Å². The topological polar surface area (TPSA) is 157 Å². The quantitative estimate of drug-likeness (QED) is 0.203. The van der Waals surface area contributed by atoms with E-state index in [1.165, 1.54) is 0 Å². The molecule has 11 heteroatoms. The number of carbonyl (C=O) groups excluding carboxylic acids is 1. The maximum Gasteiger partial charge on any atom is 0.358 e. The molecular formula is C27H21N5O5S. The van der Waals surface area contributed by atoms with Gasteiger partial charge in [-0.2, -0.15) is 0 Å². The van der Waals surface area contributed by atoms with Crippen molar-refractivity contribution in [1.29, 1.82) is 0 Å². The first-order valence-corrected chi connectivity index (χ1v) is 12.4. The minimum atomic E-state index is -1.55. The first kappa shape index (κ1) is 24.8. The van der Waals surface area contributed by atoms with E-state index in [0.29, 0.717) is 17.1 Å². The lowest BCUT2D eigenvalue weighted by atomic mass is 10.0. The minimum Gasteiger partial charge on any atom is -0.501 e. The Kier molecular flexibility index (Phi) is 6.94. The van der Waals surface area contributed by atoms with Gasteiger partial charge in [0.2, 0.25) is 11.7 Å². The predicted octanol–water partition coefficient (Wildman–Crippen LogP) is 3.92. The van der Waals surface area contributed by atoms with Crippen LogP contribution in [-0.2, 0) is 11.3 Å². The fourth-order valence-corrected chi connectivity index (χ4v) is 4.84. The van der Waals surface area contributed by atoms with E-state index < -0.39 is 29.0 Å². The molecule has 0 fully saturated rings. The van der Waals surface area contributed by atoms with E-state index in [1.54, 1.807) is 17.6 Å². The number of aromatic nitrogens is 3. The molecule has 5 aromatic rings. The number of aromatic hydroxyl groups is 1. The van der Waals surface area contributed by atoms with Gasteiger partial charge in [-0.1, -0.05) is 54.6 Å². The fourth-order valence-electron chi connectivity index (χ4n) is 4.05. The minimum absolute atomic E-state index is 0.0819. The summed E-state index contributed by atoms with van der Waals surface area (Å²) in [6.07, 6.45) is 1.72. The average Bonchev–Trinajstić information content (AvgIpc) is 3.38. The number of nitrogens with one attached hydrogen (secondary N) is 3. The number of aromatic amines is 1. The van der Waals surface area contributed by atoms with Crippen molar-refractivity contribution in [3.05, 3.63) is 105 Å². The summed E-state index contributed by atoms with van der Waals surface area (Å²) in [6.45, 7) is 0.368. The number of hydrogen-bond donors (Lipinski definition) is 5. The van der Waals surface area contributed by atoms with Crippen molar-refractivity contribution in [2.24, 2.45) is 0 Å². The predicted molar refractivity (Wildman–Crippen MR) is 143 cm³/mol. The number of rotatable bonds is 8. The third kappa shape index (κ3) is 5.01. The number of amides is 1. The van der Waals surface area contributed by atoms with Crippen LogP contribution in [0.4, 0.5) is 5.69 Å². The van der Waals surface area contributed by atoms with Gasteiger partial charge < -0.3 is 20.5 Å². The molecule has 0 spiro atoms. The molecule has 3 aromatic heterocycles. The highest BCUT2D eigenvalue weighted by Crippen LogP contribution is 2.32. The Hall–Kier alpha value is -4.87. The SMILES string of the molecule is O=C(O)c1nc(-c2sccc2NC(=O)C(NCc2cccc3cccnc23)c2ccccc2)[nH]c(=O)c1O. The molecule has 0 radical (unpaired) electrons. The summed E-state index contributed by atoms with van der Waals surface area (Å²) in [5.41, 5.74) is 1.07. The van der Waals surface area contributed by atoms with E-state index in [2.05, 4.69) is 25.6 Å². The van der Waals surface area contributed by atoms with Crippen molar-refractivity contribution in [3.63, 3.8) is 0 Å². The lowest BCUT2D eigenvalue weighted by Gasteiger charge is -2.19. The van der Waals surface area contributed by atoms with Crippen LogP contribution < -0.4 is 16.2 Å². The van der Waals surface area contributed by atoms with Gasteiger partial charge in [-0.05, 0) is 28.6 Å². The number of hydrogen-bond acceptors (Lipinski definition) is 8. The van der Waals surface area contributed by atoms with Crippen molar-refractivity contribution in [3.8, 4) is 16.5 Å². The highest BCUT2D eigenvalue weighted by Gasteiger charge is 2.24. The molecule has 1 amide bonds. The first-order valence-electron chi connectivity index (χ1n) is 11.5. The molecule has 0 aliphatic carbocycles. The lowest BCUT2D eigenvalue weighted by Crippen LogP contribution is -2.33. The molecule has 190 valence electrons. The molecular weight excluding hydrogens is 506 g/mol. The van der Waals surface area contributed by atoms with E-state index in [9.17, 15) is 24.6 Å². The number of para-hydroxylation sites is 1. The third-order valence-electron chi connectivity index (χ3n) is 5.84. The first-order chi connectivity index (χ1) is 18.4. The summed E-state index contributed by atoms with van der Waals surface area (Å²) >= 11 is 1.15. The van der Waals surface area contributed by atoms with E-state index in [-0.39, 0.29) is 11.7 Å². The van der Waals surface area contributed by atoms with Gasteiger partial charge in [-0.15, -0.1) is 11.3 Å². The molecule has 0 saturated carbocycles. The molecule has 0 aliphatic heterocycles. The largest absolute Gasteiger partial charge is 0.501 e. The van der Waals surface area contributed by atoms with Crippen LogP contribution in [0.2, 0.25) is 0 Å². The summed E-state index contributed by atoms with van der Waals surface area (Å²) in [5.74, 6) is -2.99. The highest BCUT2D eigenvalue weighted by atomic mass is 32.1. The van der Waals surface area contributed by atoms with Crippen molar-refractivity contribution in [2.75, 3.05) is 5.32 Å². The molecule has 10 nitrogen and oxygen atoms in total. The standard InChI is InChI=1S/C27H21N5O5S/c33-22-21(27(36)37)31-24(32-26(22)35)23-18(11-13-38-23)30-25(34)20(16-6-2-1-3-7-16)29-14-17-9-4-8-15-10-5-12-28-19(15)17/h1-13,20,29,33H,14H2,(H,30,34)(H,36,37)(H,31,32,35). The highest BCUT2D eigenvalue weighted by molar-refractivity contribution is 7.14. The lowest BCUT2D eigenvalue weighted by molar-refractivity contribution is -0.118. The van der Waals surface area contributed by atoms with E-state index in [4.69, 9.17) is 0 Å². The van der Waals surface area contributed by atoms with Gasteiger partial charge in [0.05, 0.1) is 16.1 Å². The molecule has 1 unspecified atom stereocenters. The second kappa shape index (κ2) is 10.6. The number of carboxylic acids is 1. The van der Waals surface area contributed by atoms with Crippen LogP contribution in [-0.4, -0.2) is 37.0 Å². The molecule has 1 atom stereocenters. The molecule has 5 rings (SSSR count). The maximum atomic E-state index is 13.6. The van der Waals surface area contributed by atoms with Gasteiger partial charge in [0.15, 0.2) is 11.5 Å². The van der Waals surface area contributed by atoms with Crippen LogP contribution in [0.25, 0.3) is 21.6 Å². The van der Waals surface area contributed by atoms with Crippen LogP contribution >= 0.6 is 11.3 Å².